The number of hydrogen-bond acceptors (Lipinski definition) is 2. The molecule has 0 spiro atoms. The summed E-state index contributed by atoms with van der Waals surface area (Å²) < 4.78 is 0. The van der Waals surface area contributed by atoms with E-state index >= 15 is 0 Å². The first-order valence-electron chi connectivity index (χ1n) is 7.13. The Hall–Kier alpha value is -1.80. The van der Waals surface area contributed by atoms with E-state index in [1.54, 1.807) is 0 Å². The molecule has 0 amide bonds. The Kier molecular flexibility index (Phi) is 4.80. The highest BCUT2D eigenvalue weighted by Crippen LogP contribution is 2.23. The van der Waals surface area contributed by atoms with Crippen LogP contribution in [0.25, 0.3) is 0 Å². The molecule has 0 radical (unpaired) electrons. The third kappa shape index (κ3) is 3.20. The largest absolute Gasteiger partial charge is 0.372 e. The SMILES string of the molecule is CNC(CN(C)c1ccccc1C)c1ccccc1C. The van der Waals surface area contributed by atoms with Gasteiger partial charge in [-0.2, -0.15) is 0 Å². The molecule has 0 aliphatic rings. The molecule has 2 aromatic carbocycles. The molecule has 1 unspecified atom stereocenters. The van der Waals surface area contributed by atoms with Gasteiger partial charge in [-0.1, -0.05) is 42.5 Å². The van der Waals surface area contributed by atoms with E-state index in [4.69, 9.17) is 0 Å². The Bertz CT molecular complexity index is 563. The van der Waals surface area contributed by atoms with Crippen LogP contribution in [0.2, 0.25) is 0 Å². The maximum Gasteiger partial charge on any atom is 0.0498 e. The molecule has 2 heteroatoms. The Labute approximate surface area is 122 Å². The summed E-state index contributed by atoms with van der Waals surface area (Å²) in [5, 5.41) is 3.44. The molecule has 106 valence electrons. The van der Waals surface area contributed by atoms with Crippen molar-refractivity contribution < 1.29 is 0 Å². The molecule has 0 fully saturated rings. The molecule has 0 heterocycles. The summed E-state index contributed by atoms with van der Waals surface area (Å²) in [6.07, 6.45) is 0. The highest BCUT2D eigenvalue weighted by Gasteiger charge is 2.14. The second-order valence-corrected chi connectivity index (χ2v) is 5.36. The van der Waals surface area contributed by atoms with Gasteiger partial charge in [0, 0.05) is 25.3 Å². The lowest BCUT2D eigenvalue weighted by molar-refractivity contribution is 0.586. The van der Waals surface area contributed by atoms with E-state index in [1.807, 2.05) is 7.05 Å². The van der Waals surface area contributed by atoms with Gasteiger partial charge in [0.1, 0.15) is 0 Å². The van der Waals surface area contributed by atoms with E-state index < -0.39 is 0 Å². The minimum Gasteiger partial charge on any atom is -0.372 e. The standard InChI is InChI=1S/C18H24N2/c1-14-9-5-7-11-16(14)17(19-3)13-20(4)18-12-8-6-10-15(18)2/h5-12,17,19H,13H2,1-4H3. The minimum atomic E-state index is 0.334. The van der Waals surface area contributed by atoms with E-state index in [0.29, 0.717) is 6.04 Å². The molecule has 0 bridgehead atoms. The van der Waals surface area contributed by atoms with Crippen molar-refractivity contribution in [1.82, 2.24) is 5.32 Å². The van der Waals surface area contributed by atoms with Crippen LogP contribution in [0.5, 0.6) is 0 Å². The van der Waals surface area contributed by atoms with Crippen molar-refractivity contribution in [3.63, 3.8) is 0 Å². The van der Waals surface area contributed by atoms with Crippen LogP contribution in [0, 0.1) is 13.8 Å². The smallest absolute Gasteiger partial charge is 0.0498 e. The van der Waals surface area contributed by atoms with Gasteiger partial charge in [-0.25, -0.2) is 0 Å². The molecule has 0 saturated carbocycles. The Morgan fingerprint density at radius 3 is 2.15 bits per heavy atom. The number of para-hydroxylation sites is 1. The van der Waals surface area contributed by atoms with Crippen molar-refractivity contribution in [1.29, 1.82) is 0 Å². The first-order chi connectivity index (χ1) is 9.63. The first kappa shape index (κ1) is 14.6. The van der Waals surface area contributed by atoms with E-state index in [2.05, 4.69) is 79.6 Å². The predicted octanol–water partition coefficient (Wildman–Crippen LogP) is 3.70. The van der Waals surface area contributed by atoms with Gasteiger partial charge in [0.05, 0.1) is 0 Å². The number of rotatable bonds is 5. The van der Waals surface area contributed by atoms with Crippen LogP contribution in [-0.2, 0) is 0 Å². The lowest BCUT2D eigenvalue weighted by Crippen LogP contribution is -2.32. The van der Waals surface area contributed by atoms with E-state index in [9.17, 15) is 0 Å². The average Bonchev–Trinajstić information content (AvgIpc) is 2.46. The highest BCUT2D eigenvalue weighted by molar-refractivity contribution is 5.52. The van der Waals surface area contributed by atoms with Gasteiger partial charge in [-0.3, -0.25) is 0 Å². The fraction of sp³-hybridized carbons (Fsp3) is 0.333. The minimum absolute atomic E-state index is 0.334. The van der Waals surface area contributed by atoms with Crippen LogP contribution in [0.3, 0.4) is 0 Å². The molecule has 0 saturated heterocycles. The third-order valence-electron chi connectivity index (χ3n) is 3.90. The predicted molar refractivity (Wildman–Crippen MR) is 87.4 cm³/mol. The fourth-order valence-electron chi connectivity index (χ4n) is 2.69. The number of benzene rings is 2. The molecule has 2 aromatic rings. The summed E-state index contributed by atoms with van der Waals surface area (Å²) in [7, 11) is 4.19. The molecule has 2 rings (SSSR count). The maximum atomic E-state index is 3.44. The maximum absolute atomic E-state index is 3.44. The second kappa shape index (κ2) is 6.58. The third-order valence-corrected chi connectivity index (χ3v) is 3.90. The van der Waals surface area contributed by atoms with Gasteiger partial charge in [0.2, 0.25) is 0 Å². The van der Waals surface area contributed by atoms with Crippen molar-refractivity contribution in [2.24, 2.45) is 0 Å². The molecule has 0 aromatic heterocycles. The Balaban J connectivity index is 2.19. The average molecular weight is 268 g/mol. The summed E-state index contributed by atoms with van der Waals surface area (Å²) in [6, 6.07) is 17.5. The zero-order chi connectivity index (χ0) is 14.5. The van der Waals surface area contributed by atoms with Crippen LogP contribution >= 0.6 is 0 Å². The van der Waals surface area contributed by atoms with Gasteiger partial charge < -0.3 is 10.2 Å². The lowest BCUT2D eigenvalue weighted by atomic mass is 10.0. The molecule has 1 N–H and O–H groups in total. The van der Waals surface area contributed by atoms with Crippen LogP contribution in [-0.4, -0.2) is 20.6 Å². The van der Waals surface area contributed by atoms with Crippen LogP contribution in [0.15, 0.2) is 48.5 Å². The van der Waals surface area contributed by atoms with E-state index in [1.165, 1.54) is 22.4 Å². The van der Waals surface area contributed by atoms with Gasteiger partial charge in [-0.05, 0) is 43.7 Å². The summed E-state index contributed by atoms with van der Waals surface area (Å²) in [5.74, 6) is 0. The molecule has 1 atom stereocenters. The second-order valence-electron chi connectivity index (χ2n) is 5.36. The molecule has 0 aliphatic heterocycles. The number of aryl methyl sites for hydroxylation is 2. The summed E-state index contributed by atoms with van der Waals surface area (Å²) in [6.45, 7) is 5.29. The molecular weight excluding hydrogens is 244 g/mol. The van der Waals surface area contributed by atoms with Gasteiger partial charge in [0.15, 0.2) is 0 Å². The Morgan fingerprint density at radius 1 is 0.950 bits per heavy atom. The number of nitrogens with zero attached hydrogens (tertiary/aromatic N) is 1. The Morgan fingerprint density at radius 2 is 1.55 bits per heavy atom. The summed E-state index contributed by atoms with van der Waals surface area (Å²) in [5.41, 5.74) is 5.32. The first-order valence-corrected chi connectivity index (χ1v) is 7.13. The van der Waals surface area contributed by atoms with Crippen molar-refractivity contribution in [2.45, 2.75) is 19.9 Å². The van der Waals surface area contributed by atoms with Crippen LogP contribution < -0.4 is 10.2 Å². The van der Waals surface area contributed by atoms with Crippen molar-refractivity contribution >= 4 is 5.69 Å². The van der Waals surface area contributed by atoms with Gasteiger partial charge in [0.25, 0.3) is 0 Å². The molecular formula is C18H24N2. The molecule has 20 heavy (non-hydrogen) atoms. The summed E-state index contributed by atoms with van der Waals surface area (Å²) in [4.78, 5) is 2.32. The molecule has 2 nitrogen and oxygen atoms in total. The zero-order valence-corrected chi connectivity index (χ0v) is 12.9. The van der Waals surface area contributed by atoms with Gasteiger partial charge in [-0.15, -0.1) is 0 Å². The van der Waals surface area contributed by atoms with Crippen molar-refractivity contribution in [3.05, 3.63) is 65.2 Å². The fourth-order valence-corrected chi connectivity index (χ4v) is 2.69. The van der Waals surface area contributed by atoms with Crippen molar-refractivity contribution in [2.75, 3.05) is 25.5 Å². The van der Waals surface area contributed by atoms with Gasteiger partial charge >= 0.3 is 0 Å². The lowest BCUT2D eigenvalue weighted by Gasteiger charge is -2.28. The van der Waals surface area contributed by atoms with E-state index in [-0.39, 0.29) is 0 Å². The normalized spacial score (nSPS) is 12.2. The monoisotopic (exact) mass is 268 g/mol. The van der Waals surface area contributed by atoms with Crippen LogP contribution in [0.1, 0.15) is 22.7 Å². The molecule has 0 aliphatic carbocycles. The quantitative estimate of drug-likeness (QED) is 0.889. The number of nitrogens with one attached hydrogen (secondary N) is 1. The number of likely N-dealkylation sites (N-methyl/N-ethyl adjacent to an activating group) is 2. The zero-order valence-electron chi connectivity index (χ0n) is 12.9. The highest BCUT2D eigenvalue weighted by atomic mass is 15.1. The van der Waals surface area contributed by atoms with E-state index in [0.717, 1.165) is 6.54 Å². The summed E-state index contributed by atoms with van der Waals surface area (Å²) >= 11 is 0. The van der Waals surface area contributed by atoms with Crippen LogP contribution in [0.4, 0.5) is 5.69 Å². The topological polar surface area (TPSA) is 15.3 Å². The van der Waals surface area contributed by atoms with Crippen molar-refractivity contribution in [3.8, 4) is 0 Å². The number of anilines is 1. The number of hydrogen-bond donors (Lipinski definition) is 1.